The van der Waals surface area contributed by atoms with E-state index >= 15 is 0 Å². The van der Waals surface area contributed by atoms with Crippen molar-refractivity contribution in [3.05, 3.63) is 47.9 Å². The highest BCUT2D eigenvalue weighted by molar-refractivity contribution is 5.48. The number of aryl methyl sites for hydroxylation is 1. The second-order valence-corrected chi connectivity index (χ2v) is 5.47. The minimum Gasteiger partial charge on any atom is -0.384 e. The van der Waals surface area contributed by atoms with Crippen LogP contribution in [0.4, 0.5) is 11.5 Å². The Morgan fingerprint density at radius 1 is 1.10 bits per heavy atom. The second-order valence-electron chi connectivity index (χ2n) is 5.47. The van der Waals surface area contributed by atoms with Gasteiger partial charge in [0.15, 0.2) is 0 Å². The SMILES string of the molecule is Cc1cccc(CN2CCN(c3ccc(N)nc3)CC2)n1. The van der Waals surface area contributed by atoms with Crippen LogP contribution in [0.2, 0.25) is 0 Å². The standard InChI is InChI=1S/C16H21N5/c1-13-3-2-4-14(19-13)12-20-7-9-21(10-8-20)15-5-6-16(17)18-11-15/h2-6,11H,7-10,12H2,1H3,(H2,17,18). The molecule has 0 aromatic carbocycles. The van der Waals surface area contributed by atoms with Gasteiger partial charge < -0.3 is 10.6 Å². The molecule has 0 atom stereocenters. The van der Waals surface area contributed by atoms with Crippen LogP contribution in [0.1, 0.15) is 11.4 Å². The fraction of sp³-hybridized carbons (Fsp3) is 0.375. The predicted octanol–water partition coefficient (Wildman–Crippen LogP) is 1.69. The Morgan fingerprint density at radius 3 is 2.57 bits per heavy atom. The van der Waals surface area contributed by atoms with E-state index in [4.69, 9.17) is 5.73 Å². The van der Waals surface area contributed by atoms with Gasteiger partial charge in [0, 0.05) is 38.4 Å². The Labute approximate surface area is 125 Å². The van der Waals surface area contributed by atoms with E-state index in [2.05, 4.69) is 31.9 Å². The van der Waals surface area contributed by atoms with E-state index in [9.17, 15) is 0 Å². The van der Waals surface area contributed by atoms with Crippen LogP contribution in [0.5, 0.6) is 0 Å². The summed E-state index contributed by atoms with van der Waals surface area (Å²) in [4.78, 5) is 13.5. The van der Waals surface area contributed by atoms with Crippen molar-refractivity contribution < 1.29 is 0 Å². The molecule has 5 nitrogen and oxygen atoms in total. The highest BCUT2D eigenvalue weighted by Crippen LogP contribution is 2.17. The van der Waals surface area contributed by atoms with E-state index in [1.54, 1.807) is 0 Å². The van der Waals surface area contributed by atoms with E-state index < -0.39 is 0 Å². The number of hydrogen-bond acceptors (Lipinski definition) is 5. The number of nitrogens with two attached hydrogens (primary N) is 1. The predicted molar refractivity (Wildman–Crippen MR) is 85.1 cm³/mol. The van der Waals surface area contributed by atoms with E-state index in [1.807, 2.05) is 31.3 Å². The Kier molecular flexibility index (Phi) is 4.01. The summed E-state index contributed by atoms with van der Waals surface area (Å²) in [6.45, 7) is 7.07. The summed E-state index contributed by atoms with van der Waals surface area (Å²) in [5.74, 6) is 0.572. The van der Waals surface area contributed by atoms with Crippen LogP contribution >= 0.6 is 0 Å². The van der Waals surface area contributed by atoms with Crippen molar-refractivity contribution in [1.82, 2.24) is 14.9 Å². The van der Waals surface area contributed by atoms with Gasteiger partial charge in [0.1, 0.15) is 5.82 Å². The largest absolute Gasteiger partial charge is 0.384 e. The zero-order valence-electron chi connectivity index (χ0n) is 12.4. The molecule has 2 N–H and O–H groups in total. The normalized spacial score (nSPS) is 16.1. The Bertz CT molecular complexity index is 588. The van der Waals surface area contributed by atoms with Crippen LogP contribution in [-0.2, 0) is 6.54 Å². The molecule has 1 aliphatic heterocycles. The molecule has 0 saturated carbocycles. The zero-order valence-corrected chi connectivity index (χ0v) is 12.4. The summed E-state index contributed by atoms with van der Waals surface area (Å²) in [5.41, 5.74) is 9.02. The highest BCUT2D eigenvalue weighted by atomic mass is 15.3. The summed E-state index contributed by atoms with van der Waals surface area (Å²) in [6.07, 6.45) is 1.85. The van der Waals surface area contributed by atoms with Crippen LogP contribution in [0.25, 0.3) is 0 Å². The molecule has 3 heterocycles. The van der Waals surface area contributed by atoms with Gasteiger partial charge in [0.25, 0.3) is 0 Å². The van der Waals surface area contributed by atoms with Gasteiger partial charge in [-0.15, -0.1) is 0 Å². The summed E-state index contributed by atoms with van der Waals surface area (Å²) in [6, 6.07) is 10.1. The quantitative estimate of drug-likeness (QED) is 0.929. The fourth-order valence-corrected chi connectivity index (χ4v) is 2.67. The van der Waals surface area contributed by atoms with Crippen molar-refractivity contribution >= 4 is 11.5 Å². The molecule has 110 valence electrons. The van der Waals surface area contributed by atoms with Crippen LogP contribution < -0.4 is 10.6 Å². The maximum Gasteiger partial charge on any atom is 0.123 e. The Hall–Kier alpha value is -2.14. The van der Waals surface area contributed by atoms with Crippen LogP contribution in [0.15, 0.2) is 36.5 Å². The molecule has 1 saturated heterocycles. The summed E-state index contributed by atoms with van der Waals surface area (Å²) in [5, 5.41) is 0. The number of piperazine rings is 1. The fourth-order valence-electron chi connectivity index (χ4n) is 2.67. The number of rotatable bonds is 3. The average Bonchev–Trinajstić information content (AvgIpc) is 2.49. The molecule has 1 aliphatic rings. The molecule has 1 fully saturated rings. The second kappa shape index (κ2) is 6.10. The lowest BCUT2D eigenvalue weighted by atomic mass is 10.2. The van der Waals surface area contributed by atoms with E-state index in [0.717, 1.165) is 49.8 Å². The van der Waals surface area contributed by atoms with Crippen LogP contribution in [-0.4, -0.2) is 41.0 Å². The minimum atomic E-state index is 0.572. The van der Waals surface area contributed by atoms with Crippen LogP contribution in [0, 0.1) is 6.92 Å². The topological polar surface area (TPSA) is 58.3 Å². The van der Waals surface area contributed by atoms with Crippen molar-refractivity contribution in [2.24, 2.45) is 0 Å². The van der Waals surface area contributed by atoms with Crippen molar-refractivity contribution in [3.63, 3.8) is 0 Å². The van der Waals surface area contributed by atoms with Crippen molar-refractivity contribution in [2.75, 3.05) is 36.8 Å². The number of aromatic nitrogens is 2. The van der Waals surface area contributed by atoms with Crippen molar-refractivity contribution in [3.8, 4) is 0 Å². The monoisotopic (exact) mass is 283 g/mol. The zero-order chi connectivity index (χ0) is 14.7. The van der Waals surface area contributed by atoms with Gasteiger partial charge in [0.2, 0.25) is 0 Å². The first-order valence-electron chi connectivity index (χ1n) is 7.32. The van der Waals surface area contributed by atoms with Gasteiger partial charge in [-0.1, -0.05) is 6.07 Å². The maximum atomic E-state index is 5.63. The summed E-state index contributed by atoms with van der Waals surface area (Å²) in [7, 11) is 0. The molecule has 0 radical (unpaired) electrons. The summed E-state index contributed by atoms with van der Waals surface area (Å²) >= 11 is 0. The number of nitrogen functional groups attached to an aromatic ring is 1. The first-order chi connectivity index (χ1) is 10.2. The molecular formula is C16H21N5. The van der Waals surface area contributed by atoms with Gasteiger partial charge in [-0.25, -0.2) is 4.98 Å². The first-order valence-corrected chi connectivity index (χ1v) is 7.32. The molecular weight excluding hydrogens is 262 g/mol. The molecule has 2 aromatic rings. The Balaban J connectivity index is 1.56. The van der Waals surface area contributed by atoms with E-state index in [-0.39, 0.29) is 0 Å². The van der Waals surface area contributed by atoms with Gasteiger partial charge in [-0.3, -0.25) is 9.88 Å². The van der Waals surface area contributed by atoms with Crippen molar-refractivity contribution in [2.45, 2.75) is 13.5 Å². The lowest BCUT2D eigenvalue weighted by molar-refractivity contribution is 0.247. The number of anilines is 2. The molecule has 3 rings (SSSR count). The number of nitrogens with zero attached hydrogens (tertiary/aromatic N) is 4. The lowest BCUT2D eigenvalue weighted by Crippen LogP contribution is -2.46. The van der Waals surface area contributed by atoms with Gasteiger partial charge in [-0.2, -0.15) is 0 Å². The third-order valence-corrected chi connectivity index (χ3v) is 3.84. The highest BCUT2D eigenvalue weighted by Gasteiger charge is 2.17. The number of pyridine rings is 2. The van der Waals surface area contributed by atoms with E-state index in [1.165, 1.54) is 0 Å². The van der Waals surface area contributed by atoms with E-state index in [0.29, 0.717) is 5.82 Å². The van der Waals surface area contributed by atoms with Crippen LogP contribution in [0.3, 0.4) is 0 Å². The van der Waals surface area contributed by atoms with Crippen molar-refractivity contribution in [1.29, 1.82) is 0 Å². The number of hydrogen-bond donors (Lipinski definition) is 1. The van der Waals surface area contributed by atoms with Gasteiger partial charge in [0.05, 0.1) is 17.6 Å². The first kappa shape index (κ1) is 13.8. The minimum absolute atomic E-state index is 0.572. The maximum absolute atomic E-state index is 5.63. The molecule has 2 aromatic heterocycles. The molecule has 0 spiro atoms. The third-order valence-electron chi connectivity index (χ3n) is 3.84. The lowest BCUT2D eigenvalue weighted by Gasteiger charge is -2.35. The molecule has 0 unspecified atom stereocenters. The smallest absolute Gasteiger partial charge is 0.123 e. The molecule has 0 aliphatic carbocycles. The molecule has 0 amide bonds. The van der Waals surface area contributed by atoms with Gasteiger partial charge >= 0.3 is 0 Å². The van der Waals surface area contributed by atoms with Gasteiger partial charge in [-0.05, 0) is 31.2 Å². The molecule has 0 bridgehead atoms. The summed E-state index contributed by atoms with van der Waals surface area (Å²) < 4.78 is 0. The molecule has 21 heavy (non-hydrogen) atoms. The molecule has 5 heteroatoms. The Morgan fingerprint density at radius 2 is 1.90 bits per heavy atom. The average molecular weight is 283 g/mol. The third kappa shape index (κ3) is 3.49.